The van der Waals surface area contributed by atoms with E-state index in [9.17, 15) is 13.2 Å². The molecule has 3 heterocycles. The highest BCUT2D eigenvalue weighted by Crippen LogP contribution is 2.40. The molecular weight excluding hydrogens is 606 g/mol. The molecule has 8 nitrogen and oxygen atoms in total. The largest absolute Gasteiger partial charge is 0.490 e. The zero-order chi connectivity index (χ0) is 30.8. The number of nitrogens with one attached hydrogen (secondary N) is 1. The number of piperidine rings is 1. The Morgan fingerprint density at radius 2 is 1.77 bits per heavy atom. The predicted molar refractivity (Wildman–Crippen MR) is 176 cm³/mol. The first-order valence-electron chi connectivity index (χ1n) is 14.5. The van der Waals surface area contributed by atoms with Gasteiger partial charge in [0.1, 0.15) is 17.9 Å². The zero-order valence-corrected chi connectivity index (χ0v) is 27.6. The van der Waals surface area contributed by atoms with Gasteiger partial charge in [-0.2, -0.15) is 0 Å². The van der Waals surface area contributed by atoms with Crippen LogP contribution in [0.1, 0.15) is 42.6 Å². The van der Waals surface area contributed by atoms with Crippen LogP contribution in [0.5, 0.6) is 5.75 Å². The molecule has 2 aromatic carbocycles. The van der Waals surface area contributed by atoms with Crippen LogP contribution in [-0.4, -0.2) is 91.3 Å². The molecule has 1 saturated heterocycles. The van der Waals surface area contributed by atoms with Gasteiger partial charge in [0.15, 0.2) is 6.61 Å². The Balaban J connectivity index is 1.31. The number of halogens is 1. The average Bonchev–Trinajstić information content (AvgIpc) is 3.34. The van der Waals surface area contributed by atoms with E-state index in [0.717, 1.165) is 33.5 Å². The van der Waals surface area contributed by atoms with Gasteiger partial charge in [-0.25, -0.2) is 27.5 Å². The standard InChI is InChI=1S/C32H40ClN3O5S2/c1-5-6-19-40-32(37)36-18-15-27-28-22-24(33)9-12-29(28)34-30(27)31(36)23-7-10-25(11-8-23)41-26-13-16-35(17-14-26)43(38,39)21-20-42(2,3)4/h7-12,22,26,31,34H,13-21H2,1-4H3/t31-/m0/s1. The summed E-state index contributed by atoms with van der Waals surface area (Å²) < 4.78 is 39.1. The zero-order valence-electron chi connectivity index (χ0n) is 25.2. The number of rotatable bonds is 8. The topological polar surface area (TPSA) is 91.9 Å². The number of nitrogens with zero attached hydrogens (tertiary/aromatic N) is 2. The molecule has 0 aliphatic carbocycles. The molecule has 1 N–H and O–H groups in total. The second-order valence-corrected chi connectivity index (χ2v) is 19.0. The number of benzene rings is 2. The maximum atomic E-state index is 13.2. The number of amides is 1. The predicted octanol–water partition coefficient (Wildman–Crippen LogP) is 5.80. The highest BCUT2D eigenvalue weighted by atomic mass is 35.5. The molecule has 3 aromatic rings. The third-order valence-electron chi connectivity index (χ3n) is 8.01. The van der Waals surface area contributed by atoms with Crippen molar-refractivity contribution in [1.82, 2.24) is 14.2 Å². The molecule has 43 heavy (non-hydrogen) atoms. The summed E-state index contributed by atoms with van der Waals surface area (Å²) in [5.41, 5.74) is 3.98. The van der Waals surface area contributed by atoms with E-state index >= 15 is 0 Å². The van der Waals surface area contributed by atoms with Gasteiger partial charge in [0.05, 0.1) is 5.75 Å². The highest BCUT2D eigenvalue weighted by molar-refractivity contribution is 8.32. The van der Waals surface area contributed by atoms with Crippen LogP contribution in [0.4, 0.5) is 4.79 Å². The molecule has 0 radical (unpaired) electrons. The van der Waals surface area contributed by atoms with Gasteiger partial charge in [0.2, 0.25) is 10.0 Å². The molecule has 2 aliphatic rings. The SMILES string of the molecule is CC#CCOC(=O)N1CCc2c([nH]c3ccc(Cl)cc23)[C@@H]1c1ccc(OC2CCN(S(=O)(=O)CCS(C)(C)C)CC2)cc1. The second-order valence-electron chi connectivity index (χ2n) is 11.9. The number of H-pyrrole nitrogens is 1. The van der Waals surface area contributed by atoms with Crippen LogP contribution in [0.25, 0.3) is 10.9 Å². The summed E-state index contributed by atoms with van der Waals surface area (Å²) in [6.45, 7) is 3.19. The molecule has 0 unspecified atom stereocenters. The van der Waals surface area contributed by atoms with E-state index in [2.05, 4.69) is 35.6 Å². The number of carbonyl (C=O) groups excluding carboxylic acids is 1. The summed E-state index contributed by atoms with van der Waals surface area (Å²) in [5.74, 6) is 7.20. The molecule has 232 valence electrons. The van der Waals surface area contributed by atoms with Crippen molar-refractivity contribution < 1.29 is 22.7 Å². The van der Waals surface area contributed by atoms with Crippen LogP contribution in [0.2, 0.25) is 5.02 Å². The summed E-state index contributed by atoms with van der Waals surface area (Å²) in [5, 5.41) is 1.73. The number of sulfonamides is 1. The Hall–Kier alpha value is -2.84. The number of hydrogen-bond acceptors (Lipinski definition) is 5. The lowest BCUT2D eigenvalue weighted by molar-refractivity contribution is 0.0992. The maximum Gasteiger partial charge on any atom is 0.411 e. The molecule has 2 aliphatic heterocycles. The van der Waals surface area contributed by atoms with Gasteiger partial charge < -0.3 is 14.5 Å². The van der Waals surface area contributed by atoms with Gasteiger partial charge in [-0.3, -0.25) is 4.90 Å². The number of aromatic amines is 1. The molecule has 1 amide bonds. The number of hydrogen-bond donors (Lipinski definition) is 1. The minimum Gasteiger partial charge on any atom is -0.490 e. The van der Waals surface area contributed by atoms with Gasteiger partial charge in [0, 0.05) is 41.3 Å². The van der Waals surface area contributed by atoms with E-state index in [-0.39, 0.29) is 24.5 Å². The molecule has 5 rings (SSSR count). The lowest BCUT2D eigenvalue weighted by Gasteiger charge is -2.35. The molecule has 1 aromatic heterocycles. The number of aromatic nitrogens is 1. The molecule has 11 heteroatoms. The van der Waals surface area contributed by atoms with Crippen molar-refractivity contribution >= 4 is 48.6 Å². The smallest absolute Gasteiger partial charge is 0.411 e. The van der Waals surface area contributed by atoms with Gasteiger partial charge in [-0.1, -0.05) is 29.7 Å². The van der Waals surface area contributed by atoms with Crippen LogP contribution < -0.4 is 4.74 Å². The van der Waals surface area contributed by atoms with Crippen molar-refractivity contribution in [2.24, 2.45) is 0 Å². The van der Waals surface area contributed by atoms with Crippen LogP contribution in [0.3, 0.4) is 0 Å². The van der Waals surface area contributed by atoms with Crippen LogP contribution in [-0.2, 0) is 21.2 Å². The Morgan fingerprint density at radius 3 is 2.44 bits per heavy atom. The fraction of sp³-hybridized carbons (Fsp3) is 0.469. The molecule has 0 spiro atoms. The van der Waals surface area contributed by atoms with E-state index in [0.29, 0.717) is 49.7 Å². The van der Waals surface area contributed by atoms with Crippen LogP contribution in [0.15, 0.2) is 42.5 Å². The van der Waals surface area contributed by atoms with Crippen molar-refractivity contribution in [3.63, 3.8) is 0 Å². The van der Waals surface area contributed by atoms with Crippen LogP contribution >= 0.6 is 21.6 Å². The maximum absolute atomic E-state index is 13.2. The highest BCUT2D eigenvalue weighted by Gasteiger charge is 2.36. The lowest BCUT2D eigenvalue weighted by atomic mass is 9.92. The molecule has 1 atom stereocenters. The second kappa shape index (κ2) is 13.0. The third-order valence-corrected chi connectivity index (χ3v) is 11.8. The van der Waals surface area contributed by atoms with Gasteiger partial charge in [-0.05, 0) is 92.2 Å². The minimum absolute atomic E-state index is 0.0399. The fourth-order valence-electron chi connectivity index (χ4n) is 5.69. The van der Waals surface area contributed by atoms with Crippen LogP contribution in [0, 0.1) is 11.8 Å². The molecular formula is C32H40ClN3O5S2. The van der Waals surface area contributed by atoms with Crippen molar-refractivity contribution in [3.8, 4) is 17.6 Å². The van der Waals surface area contributed by atoms with Gasteiger partial charge >= 0.3 is 6.09 Å². The van der Waals surface area contributed by atoms with Gasteiger partial charge in [-0.15, -0.1) is 5.92 Å². The Morgan fingerprint density at radius 1 is 1.05 bits per heavy atom. The lowest BCUT2D eigenvalue weighted by Crippen LogP contribution is -2.43. The number of fused-ring (bicyclic) bond motifs is 3. The molecule has 0 saturated carbocycles. The number of ether oxygens (including phenoxy) is 2. The summed E-state index contributed by atoms with van der Waals surface area (Å²) in [6, 6.07) is 13.2. The number of carbonyl (C=O) groups is 1. The Bertz CT molecular complexity index is 1630. The first-order valence-corrected chi connectivity index (χ1v) is 19.5. The minimum atomic E-state index is -3.25. The van der Waals surface area contributed by atoms with Crippen molar-refractivity contribution in [1.29, 1.82) is 0 Å². The summed E-state index contributed by atoms with van der Waals surface area (Å²) in [6.07, 6.45) is 7.92. The van der Waals surface area contributed by atoms with Crippen molar-refractivity contribution in [2.45, 2.75) is 38.3 Å². The van der Waals surface area contributed by atoms with E-state index in [1.807, 2.05) is 42.5 Å². The quantitative estimate of drug-likeness (QED) is 0.313. The van der Waals surface area contributed by atoms with Crippen molar-refractivity contribution in [2.75, 3.05) is 56.5 Å². The first-order chi connectivity index (χ1) is 20.4. The third kappa shape index (κ3) is 7.46. The average molecular weight is 646 g/mol. The molecule has 0 bridgehead atoms. The van der Waals surface area contributed by atoms with Crippen molar-refractivity contribution in [3.05, 3.63) is 64.3 Å². The fourth-order valence-corrected chi connectivity index (χ4v) is 9.73. The normalized spacial score (nSPS) is 18.5. The summed E-state index contributed by atoms with van der Waals surface area (Å²) >= 11 is 6.32. The molecule has 1 fully saturated rings. The van der Waals surface area contributed by atoms with E-state index in [1.165, 1.54) is 0 Å². The Kier molecular flexibility index (Phi) is 9.57. The summed E-state index contributed by atoms with van der Waals surface area (Å²) in [7, 11) is -4.12. The van der Waals surface area contributed by atoms with E-state index in [1.54, 1.807) is 16.1 Å². The first kappa shape index (κ1) is 31.6. The Labute approximate surface area is 261 Å². The van der Waals surface area contributed by atoms with E-state index in [4.69, 9.17) is 21.1 Å². The van der Waals surface area contributed by atoms with Gasteiger partial charge in [0.25, 0.3) is 0 Å². The monoisotopic (exact) mass is 645 g/mol. The summed E-state index contributed by atoms with van der Waals surface area (Å²) in [4.78, 5) is 18.5. The van der Waals surface area contributed by atoms with E-state index < -0.39 is 26.1 Å².